The third-order valence-electron chi connectivity index (χ3n) is 3.52. The van der Waals surface area contributed by atoms with Gasteiger partial charge >= 0.3 is 0 Å². The maximum atomic E-state index is 9.93. The van der Waals surface area contributed by atoms with Gasteiger partial charge in [0.05, 0.1) is 6.10 Å². The lowest BCUT2D eigenvalue weighted by molar-refractivity contribution is 0.116. The van der Waals surface area contributed by atoms with Crippen LogP contribution in [0.3, 0.4) is 0 Å². The fourth-order valence-electron chi connectivity index (χ4n) is 2.18. The largest absolute Gasteiger partial charge is 0.393 e. The number of hydrogen-bond acceptors (Lipinski definition) is 1. The first kappa shape index (κ1) is 16.0. The molecule has 0 aliphatic heterocycles. The topological polar surface area (TPSA) is 20.2 Å². The normalized spacial score (nSPS) is 17.4. The Bertz CT molecular complexity index is 154. The molecule has 1 nitrogen and oxygen atoms in total. The summed E-state index contributed by atoms with van der Waals surface area (Å²) in [5, 5.41) is 9.93. The molecular formula is C15H32O. The number of aliphatic hydroxyl groups is 1. The van der Waals surface area contributed by atoms with Crippen molar-refractivity contribution in [2.45, 2.75) is 79.2 Å². The van der Waals surface area contributed by atoms with Gasteiger partial charge in [-0.15, -0.1) is 0 Å². The predicted octanol–water partition coefficient (Wildman–Crippen LogP) is 4.64. The summed E-state index contributed by atoms with van der Waals surface area (Å²) in [5.74, 6) is 2.16. The van der Waals surface area contributed by atoms with E-state index in [1.807, 2.05) is 0 Å². The number of hydrogen-bond donors (Lipinski definition) is 1. The van der Waals surface area contributed by atoms with E-state index in [1.165, 1.54) is 25.7 Å². The Balaban J connectivity index is 3.57. The summed E-state index contributed by atoms with van der Waals surface area (Å²) in [4.78, 5) is 0. The zero-order valence-electron chi connectivity index (χ0n) is 12.0. The average molecular weight is 228 g/mol. The first-order valence-electron chi connectivity index (χ1n) is 7.13. The van der Waals surface area contributed by atoms with Crippen molar-refractivity contribution in [1.82, 2.24) is 0 Å². The van der Waals surface area contributed by atoms with Crippen molar-refractivity contribution in [1.29, 1.82) is 0 Å². The Morgan fingerprint density at radius 3 is 1.94 bits per heavy atom. The van der Waals surface area contributed by atoms with Crippen molar-refractivity contribution in [2.24, 2.45) is 17.8 Å². The van der Waals surface area contributed by atoms with E-state index in [1.54, 1.807) is 0 Å². The van der Waals surface area contributed by atoms with Gasteiger partial charge in [-0.05, 0) is 30.6 Å². The van der Waals surface area contributed by atoms with Gasteiger partial charge in [-0.2, -0.15) is 0 Å². The molecule has 0 aliphatic carbocycles. The van der Waals surface area contributed by atoms with E-state index in [9.17, 15) is 5.11 Å². The Kier molecular flexibility index (Phi) is 9.02. The standard InChI is InChI=1S/C15H32O/c1-6-13(4)10-15(16)11-14(5)9-7-8-12(2)3/h12-16H,6-11H2,1-5H3/t13-,14+,15+/m0/s1. The van der Waals surface area contributed by atoms with Crippen molar-refractivity contribution in [3.05, 3.63) is 0 Å². The van der Waals surface area contributed by atoms with Crippen LogP contribution in [0.5, 0.6) is 0 Å². The maximum Gasteiger partial charge on any atom is 0.0545 e. The predicted molar refractivity (Wildman–Crippen MR) is 72.5 cm³/mol. The Morgan fingerprint density at radius 1 is 0.875 bits per heavy atom. The van der Waals surface area contributed by atoms with Gasteiger partial charge in [0.25, 0.3) is 0 Å². The van der Waals surface area contributed by atoms with Crippen molar-refractivity contribution in [2.75, 3.05) is 0 Å². The van der Waals surface area contributed by atoms with Gasteiger partial charge in [0.15, 0.2) is 0 Å². The lowest BCUT2D eigenvalue weighted by Crippen LogP contribution is -2.15. The van der Waals surface area contributed by atoms with Crippen molar-refractivity contribution in [3.8, 4) is 0 Å². The monoisotopic (exact) mass is 228 g/mol. The number of rotatable bonds is 9. The third-order valence-corrected chi connectivity index (χ3v) is 3.52. The fraction of sp³-hybridized carbons (Fsp3) is 1.00. The minimum Gasteiger partial charge on any atom is -0.393 e. The van der Waals surface area contributed by atoms with Crippen molar-refractivity contribution in [3.63, 3.8) is 0 Å². The molecule has 0 bridgehead atoms. The van der Waals surface area contributed by atoms with Crippen LogP contribution in [0.25, 0.3) is 0 Å². The van der Waals surface area contributed by atoms with Crippen LogP contribution in [0.4, 0.5) is 0 Å². The minimum atomic E-state index is -0.0796. The van der Waals surface area contributed by atoms with Gasteiger partial charge < -0.3 is 5.11 Å². The molecule has 0 unspecified atom stereocenters. The molecule has 0 aliphatic rings. The summed E-state index contributed by atoms with van der Waals surface area (Å²) in [6.45, 7) is 11.3. The molecule has 0 rings (SSSR count). The zero-order chi connectivity index (χ0) is 12.6. The van der Waals surface area contributed by atoms with Gasteiger partial charge in [-0.3, -0.25) is 0 Å². The molecule has 0 heterocycles. The van der Waals surface area contributed by atoms with Crippen LogP contribution in [-0.2, 0) is 0 Å². The summed E-state index contributed by atoms with van der Waals surface area (Å²) in [6.07, 6.45) is 6.98. The average Bonchev–Trinajstić information content (AvgIpc) is 2.16. The molecule has 0 spiro atoms. The molecule has 0 aromatic heterocycles. The molecule has 0 saturated carbocycles. The Hall–Kier alpha value is -0.0400. The molecular weight excluding hydrogens is 196 g/mol. The molecule has 0 aromatic rings. The van der Waals surface area contributed by atoms with Crippen LogP contribution in [0.2, 0.25) is 0 Å². The van der Waals surface area contributed by atoms with E-state index >= 15 is 0 Å². The van der Waals surface area contributed by atoms with Gasteiger partial charge in [0.1, 0.15) is 0 Å². The second kappa shape index (κ2) is 9.04. The maximum absolute atomic E-state index is 9.93. The van der Waals surface area contributed by atoms with E-state index in [0.29, 0.717) is 11.8 Å². The van der Waals surface area contributed by atoms with Crippen molar-refractivity contribution >= 4 is 0 Å². The van der Waals surface area contributed by atoms with E-state index in [0.717, 1.165) is 18.8 Å². The van der Waals surface area contributed by atoms with Crippen molar-refractivity contribution < 1.29 is 5.11 Å². The molecule has 0 radical (unpaired) electrons. The van der Waals surface area contributed by atoms with Crippen LogP contribution in [-0.4, -0.2) is 11.2 Å². The highest BCUT2D eigenvalue weighted by Crippen LogP contribution is 2.20. The summed E-state index contributed by atoms with van der Waals surface area (Å²) in [6, 6.07) is 0. The summed E-state index contributed by atoms with van der Waals surface area (Å²) in [5.41, 5.74) is 0. The minimum absolute atomic E-state index is 0.0796. The van der Waals surface area contributed by atoms with E-state index < -0.39 is 0 Å². The fourth-order valence-corrected chi connectivity index (χ4v) is 2.18. The second-order valence-corrected chi connectivity index (χ2v) is 6.07. The van der Waals surface area contributed by atoms with Crippen LogP contribution in [0, 0.1) is 17.8 Å². The smallest absolute Gasteiger partial charge is 0.0545 e. The molecule has 3 atom stereocenters. The Morgan fingerprint density at radius 2 is 1.44 bits per heavy atom. The Labute approximate surface area is 103 Å². The van der Waals surface area contributed by atoms with Crippen LogP contribution in [0.1, 0.15) is 73.1 Å². The van der Waals surface area contributed by atoms with Crippen LogP contribution >= 0.6 is 0 Å². The third kappa shape index (κ3) is 9.21. The van der Waals surface area contributed by atoms with E-state index in [4.69, 9.17) is 0 Å². The molecule has 1 N–H and O–H groups in total. The SMILES string of the molecule is CC[C@H](C)C[C@@H](O)C[C@H](C)CCCC(C)C. The first-order chi connectivity index (χ1) is 7.45. The molecule has 0 fully saturated rings. The zero-order valence-corrected chi connectivity index (χ0v) is 12.0. The highest BCUT2D eigenvalue weighted by Gasteiger charge is 2.13. The molecule has 0 aromatic carbocycles. The highest BCUT2D eigenvalue weighted by molar-refractivity contribution is 4.65. The summed E-state index contributed by atoms with van der Waals surface area (Å²) < 4.78 is 0. The lowest BCUT2D eigenvalue weighted by atomic mass is 9.91. The summed E-state index contributed by atoms with van der Waals surface area (Å²) in [7, 11) is 0. The molecule has 1 heteroatoms. The molecule has 98 valence electrons. The molecule has 0 saturated heterocycles. The quantitative estimate of drug-likeness (QED) is 0.609. The second-order valence-electron chi connectivity index (χ2n) is 6.07. The van der Waals surface area contributed by atoms with E-state index in [-0.39, 0.29) is 6.10 Å². The lowest BCUT2D eigenvalue weighted by Gasteiger charge is -2.19. The number of aliphatic hydroxyl groups excluding tert-OH is 1. The van der Waals surface area contributed by atoms with E-state index in [2.05, 4.69) is 34.6 Å². The summed E-state index contributed by atoms with van der Waals surface area (Å²) >= 11 is 0. The van der Waals surface area contributed by atoms with Gasteiger partial charge in [-0.25, -0.2) is 0 Å². The van der Waals surface area contributed by atoms with Gasteiger partial charge in [-0.1, -0.05) is 60.3 Å². The highest BCUT2D eigenvalue weighted by atomic mass is 16.3. The molecule has 0 amide bonds. The molecule has 16 heavy (non-hydrogen) atoms. The van der Waals surface area contributed by atoms with Crippen LogP contribution in [0.15, 0.2) is 0 Å². The van der Waals surface area contributed by atoms with Gasteiger partial charge in [0, 0.05) is 0 Å². The van der Waals surface area contributed by atoms with Gasteiger partial charge in [0.2, 0.25) is 0 Å². The van der Waals surface area contributed by atoms with Crippen LogP contribution < -0.4 is 0 Å². The first-order valence-corrected chi connectivity index (χ1v) is 7.13.